The minimum atomic E-state index is -0.379. The van der Waals surface area contributed by atoms with Gasteiger partial charge in [0.2, 0.25) is 0 Å². The first-order valence-electron chi connectivity index (χ1n) is 7.21. The predicted octanol–water partition coefficient (Wildman–Crippen LogP) is 3.10. The van der Waals surface area contributed by atoms with Gasteiger partial charge < -0.3 is 14.4 Å². The molecule has 0 unspecified atom stereocenters. The summed E-state index contributed by atoms with van der Waals surface area (Å²) in [6, 6.07) is 11.7. The lowest BCUT2D eigenvalue weighted by Gasteiger charge is -2.09. The van der Waals surface area contributed by atoms with Crippen LogP contribution in [0.3, 0.4) is 0 Å². The molecule has 3 aromatic rings. The van der Waals surface area contributed by atoms with E-state index in [4.69, 9.17) is 16.1 Å². The highest BCUT2D eigenvalue weighted by atomic mass is 35.5. The molecular weight excluding hydrogens is 330 g/mol. The molecular formula is C17H14ClN3O3. The molecule has 0 fully saturated rings. The lowest BCUT2D eigenvalue weighted by molar-refractivity contribution is 0.102. The van der Waals surface area contributed by atoms with Gasteiger partial charge in [-0.1, -0.05) is 35.0 Å². The largest absolute Gasteiger partial charge is 0.360 e. The molecule has 6 nitrogen and oxygen atoms in total. The number of halogens is 1. The average molecular weight is 344 g/mol. The number of pyridine rings is 1. The maximum absolute atomic E-state index is 12.3. The number of carbonyl (C=O) groups excluding carboxylic acids is 1. The zero-order valence-electron chi connectivity index (χ0n) is 12.8. The summed E-state index contributed by atoms with van der Waals surface area (Å²) >= 11 is 6.13. The van der Waals surface area contributed by atoms with Gasteiger partial charge in [-0.3, -0.25) is 9.59 Å². The molecule has 0 bridgehead atoms. The average Bonchev–Trinajstić information content (AvgIpc) is 2.96. The van der Waals surface area contributed by atoms with Crippen LogP contribution >= 0.6 is 11.6 Å². The van der Waals surface area contributed by atoms with Gasteiger partial charge in [-0.05, 0) is 24.6 Å². The van der Waals surface area contributed by atoms with Crippen LogP contribution in [0.5, 0.6) is 0 Å². The van der Waals surface area contributed by atoms with Gasteiger partial charge in [0.1, 0.15) is 5.76 Å². The third-order valence-electron chi connectivity index (χ3n) is 3.41. The van der Waals surface area contributed by atoms with Crippen LogP contribution in [0.15, 0.2) is 58.0 Å². The molecule has 0 aliphatic heterocycles. The van der Waals surface area contributed by atoms with Crippen molar-refractivity contribution in [1.82, 2.24) is 9.72 Å². The SMILES string of the molecule is Cc1cc(NC(=O)c2ccc(=O)n(Cc3ccccc3Cl)c2)no1. The monoisotopic (exact) mass is 343 g/mol. The van der Waals surface area contributed by atoms with Crippen molar-refractivity contribution in [3.05, 3.63) is 80.9 Å². The molecule has 1 aromatic carbocycles. The third-order valence-corrected chi connectivity index (χ3v) is 3.78. The number of hydrogen-bond acceptors (Lipinski definition) is 4. The van der Waals surface area contributed by atoms with Crippen LogP contribution in [0.1, 0.15) is 21.7 Å². The number of aryl methyl sites for hydroxylation is 1. The Balaban J connectivity index is 1.84. The Morgan fingerprint density at radius 3 is 2.79 bits per heavy atom. The van der Waals surface area contributed by atoms with Gasteiger partial charge >= 0.3 is 0 Å². The van der Waals surface area contributed by atoms with E-state index in [2.05, 4.69) is 10.5 Å². The molecule has 0 atom stereocenters. The second-order valence-corrected chi connectivity index (χ2v) is 5.66. The number of amides is 1. The van der Waals surface area contributed by atoms with Crippen molar-refractivity contribution in [2.24, 2.45) is 0 Å². The van der Waals surface area contributed by atoms with Crippen LogP contribution in [-0.2, 0) is 6.54 Å². The maximum atomic E-state index is 12.3. The lowest BCUT2D eigenvalue weighted by atomic mass is 10.2. The number of aromatic nitrogens is 2. The Morgan fingerprint density at radius 1 is 1.29 bits per heavy atom. The topological polar surface area (TPSA) is 77.1 Å². The normalized spacial score (nSPS) is 10.6. The minimum absolute atomic E-state index is 0.219. The highest BCUT2D eigenvalue weighted by Gasteiger charge is 2.11. The van der Waals surface area contributed by atoms with Crippen molar-refractivity contribution in [2.75, 3.05) is 5.32 Å². The second kappa shape index (κ2) is 6.72. The third kappa shape index (κ3) is 3.55. The molecule has 2 heterocycles. The number of nitrogens with one attached hydrogen (secondary N) is 1. The van der Waals surface area contributed by atoms with E-state index in [1.54, 1.807) is 19.1 Å². The summed E-state index contributed by atoms with van der Waals surface area (Å²) in [5.74, 6) is 0.534. The maximum Gasteiger partial charge on any atom is 0.258 e. The smallest absolute Gasteiger partial charge is 0.258 e. The quantitative estimate of drug-likeness (QED) is 0.789. The van der Waals surface area contributed by atoms with Gasteiger partial charge in [-0.25, -0.2) is 0 Å². The summed E-state index contributed by atoms with van der Waals surface area (Å²) < 4.78 is 6.34. The number of nitrogens with zero attached hydrogens (tertiary/aromatic N) is 2. The zero-order chi connectivity index (χ0) is 17.1. The molecule has 0 aliphatic carbocycles. The second-order valence-electron chi connectivity index (χ2n) is 5.25. The summed E-state index contributed by atoms with van der Waals surface area (Å²) in [7, 11) is 0. The fourth-order valence-corrected chi connectivity index (χ4v) is 2.41. The molecule has 1 amide bonds. The van der Waals surface area contributed by atoms with Gasteiger partial charge in [-0.15, -0.1) is 0 Å². The van der Waals surface area contributed by atoms with E-state index in [0.717, 1.165) is 5.56 Å². The van der Waals surface area contributed by atoms with E-state index in [1.165, 1.54) is 22.9 Å². The highest BCUT2D eigenvalue weighted by Crippen LogP contribution is 2.16. The zero-order valence-corrected chi connectivity index (χ0v) is 13.6. The molecule has 3 rings (SSSR count). The van der Waals surface area contributed by atoms with E-state index in [0.29, 0.717) is 22.2 Å². The van der Waals surface area contributed by atoms with Crippen molar-refractivity contribution < 1.29 is 9.32 Å². The lowest BCUT2D eigenvalue weighted by Crippen LogP contribution is -2.22. The van der Waals surface area contributed by atoms with Gasteiger partial charge in [0.15, 0.2) is 5.82 Å². The van der Waals surface area contributed by atoms with E-state index < -0.39 is 0 Å². The van der Waals surface area contributed by atoms with Crippen molar-refractivity contribution in [2.45, 2.75) is 13.5 Å². The number of hydrogen-bond donors (Lipinski definition) is 1. The summed E-state index contributed by atoms with van der Waals surface area (Å²) in [6.45, 7) is 2.01. The van der Waals surface area contributed by atoms with Crippen LogP contribution in [0, 0.1) is 6.92 Å². The fraction of sp³-hybridized carbons (Fsp3) is 0.118. The van der Waals surface area contributed by atoms with E-state index in [9.17, 15) is 9.59 Å². The standard InChI is InChI=1S/C17H14ClN3O3/c1-11-8-15(20-24-11)19-17(23)13-6-7-16(22)21(10-13)9-12-4-2-3-5-14(12)18/h2-8,10H,9H2,1H3,(H,19,20,23). The molecule has 0 saturated heterocycles. The van der Waals surface area contributed by atoms with Crippen molar-refractivity contribution in [3.63, 3.8) is 0 Å². The highest BCUT2D eigenvalue weighted by molar-refractivity contribution is 6.31. The van der Waals surface area contributed by atoms with E-state index in [-0.39, 0.29) is 18.0 Å². The Hall–Kier alpha value is -2.86. The fourth-order valence-electron chi connectivity index (χ4n) is 2.21. The van der Waals surface area contributed by atoms with Crippen molar-refractivity contribution >= 4 is 23.3 Å². The van der Waals surface area contributed by atoms with Crippen LogP contribution in [0.25, 0.3) is 0 Å². The van der Waals surface area contributed by atoms with E-state index >= 15 is 0 Å². The van der Waals surface area contributed by atoms with Crippen LogP contribution < -0.4 is 10.9 Å². The van der Waals surface area contributed by atoms with Crippen molar-refractivity contribution in [1.29, 1.82) is 0 Å². The predicted molar refractivity (Wildman–Crippen MR) is 90.4 cm³/mol. The molecule has 122 valence electrons. The Kier molecular flexibility index (Phi) is 4.48. The first-order chi connectivity index (χ1) is 11.5. The molecule has 7 heteroatoms. The summed E-state index contributed by atoms with van der Waals surface area (Å²) in [5, 5.41) is 6.89. The molecule has 2 aromatic heterocycles. The Bertz CT molecular complexity index is 946. The number of rotatable bonds is 4. The first kappa shape index (κ1) is 16.0. The number of benzene rings is 1. The number of carbonyl (C=O) groups is 1. The Morgan fingerprint density at radius 2 is 2.08 bits per heavy atom. The van der Waals surface area contributed by atoms with Gasteiger partial charge in [-0.2, -0.15) is 0 Å². The van der Waals surface area contributed by atoms with Crippen LogP contribution in [-0.4, -0.2) is 15.6 Å². The molecule has 0 saturated carbocycles. The summed E-state index contributed by atoms with van der Waals surface area (Å²) in [5.41, 5.74) is 0.914. The summed E-state index contributed by atoms with van der Waals surface area (Å²) in [4.78, 5) is 24.3. The molecule has 0 spiro atoms. The summed E-state index contributed by atoms with van der Waals surface area (Å²) in [6.07, 6.45) is 1.49. The van der Waals surface area contributed by atoms with Crippen LogP contribution in [0.2, 0.25) is 5.02 Å². The molecule has 1 N–H and O–H groups in total. The molecule has 24 heavy (non-hydrogen) atoms. The van der Waals surface area contributed by atoms with Gasteiger partial charge in [0, 0.05) is 23.4 Å². The first-order valence-corrected chi connectivity index (χ1v) is 7.59. The minimum Gasteiger partial charge on any atom is -0.360 e. The Labute approximate surface area is 142 Å². The molecule has 0 radical (unpaired) electrons. The van der Waals surface area contributed by atoms with Gasteiger partial charge in [0.05, 0.1) is 12.1 Å². The molecule has 0 aliphatic rings. The van der Waals surface area contributed by atoms with Crippen molar-refractivity contribution in [3.8, 4) is 0 Å². The van der Waals surface area contributed by atoms with Gasteiger partial charge in [0.25, 0.3) is 11.5 Å². The van der Waals surface area contributed by atoms with E-state index in [1.807, 2.05) is 18.2 Å². The number of anilines is 1. The van der Waals surface area contributed by atoms with Crippen LogP contribution in [0.4, 0.5) is 5.82 Å².